The first-order valence-corrected chi connectivity index (χ1v) is 7.04. The van der Waals surface area contributed by atoms with Crippen LogP contribution in [-0.2, 0) is 11.8 Å². The van der Waals surface area contributed by atoms with Crippen LogP contribution in [0.3, 0.4) is 0 Å². The molecule has 0 aromatic carbocycles. The number of anilines is 1. The highest BCUT2D eigenvalue weighted by atomic mass is 16.5. The van der Waals surface area contributed by atoms with Gasteiger partial charge in [0.25, 0.3) is 0 Å². The zero-order chi connectivity index (χ0) is 14.0. The highest BCUT2D eigenvalue weighted by Gasteiger charge is 2.29. The summed E-state index contributed by atoms with van der Waals surface area (Å²) < 4.78 is 7.19. The normalized spacial score (nSPS) is 23.3. The van der Waals surface area contributed by atoms with Crippen molar-refractivity contribution >= 4 is 11.7 Å². The third-order valence-electron chi connectivity index (χ3n) is 4.08. The van der Waals surface area contributed by atoms with Crippen molar-refractivity contribution in [2.45, 2.75) is 52.1 Å². The zero-order valence-electron chi connectivity index (χ0n) is 12.0. The van der Waals surface area contributed by atoms with E-state index in [0.717, 1.165) is 25.7 Å². The van der Waals surface area contributed by atoms with Gasteiger partial charge in [0.15, 0.2) is 5.69 Å². The topological polar surface area (TPSA) is 70.1 Å². The average molecular weight is 265 g/mol. The number of nitrogens with two attached hydrogens (primary N) is 1. The molecule has 1 aliphatic rings. The van der Waals surface area contributed by atoms with Crippen LogP contribution >= 0.6 is 0 Å². The third-order valence-corrected chi connectivity index (χ3v) is 4.08. The van der Waals surface area contributed by atoms with Crippen molar-refractivity contribution in [3.8, 4) is 0 Å². The number of hydrogen-bond donors (Lipinski definition) is 1. The van der Waals surface area contributed by atoms with Gasteiger partial charge in [0.2, 0.25) is 0 Å². The van der Waals surface area contributed by atoms with Crippen LogP contribution in [0.4, 0.5) is 5.69 Å². The predicted molar refractivity (Wildman–Crippen MR) is 73.8 cm³/mol. The van der Waals surface area contributed by atoms with Gasteiger partial charge in [0.1, 0.15) is 6.10 Å². The Morgan fingerprint density at radius 1 is 1.47 bits per heavy atom. The quantitative estimate of drug-likeness (QED) is 0.852. The number of rotatable bonds is 3. The molecule has 1 fully saturated rings. The van der Waals surface area contributed by atoms with Gasteiger partial charge in [-0.15, -0.1) is 0 Å². The number of ether oxygens (including phenoxy) is 1. The lowest BCUT2D eigenvalue weighted by molar-refractivity contribution is -0.000241. The van der Waals surface area contributed by atoms with Crippen LogP contribution in [0, 0.1) is 12.8 Å². The number of carbonyl (C=O) groups excluding carboxylic acids is 1. The summed E-state index contributed by atoms with van der Waals surface area (Å²) in [6.07, 6.45) is 5.56. The Bertz CT molecular complexity index is 468. The molecule has 1 aromatic rings. The first kappa shape index (κ1) is 13.9. The first-order chi connectivity index (χ1) is 9.04. The first-order valence-electron chi connectivity index (χ1n) is 7.04. The predicted octanol–water partition coefficient (Wildman–Crippen LogP) is 2.44. The molecule has 1 saturated carbocycles. The number of esters is 1. The number of carbonyl (C=O) groups is 1. The lowest BCUT2D eigenvalue weighted by Crippen LogP contribution is -2.30. The Balaban J connectivity index is 2.12. The summed E-state index contributed by atoms with van der Waals surface area (Å²) in [5, 5.41) is 4.15. The van der Waals surface area contributed by atoms with Crippen molar-refractivity contribution in [1.82, 2.24) is 9.78 Å². The van der Waals surface area contributed by atoms with Crippen molar-refractivity contribution < 1.29 is 9.53 Å². The van der Waals surface area contributed by atoms with Gasteiger partial charge in [-0.1, -0.05) is 13.3 Å². The Labute approximate surface area is 114 Å². The highest BCUT2D eigenvalue weighted by Crippen LogP contribution is 2.30. The maximum atomic E-state index is 12.3. The zero-order valence-corrected chi connectivity index (χ0v) is 12.0. The molecule has 5 heteroatoms. The molecule has 2 rings (SSSR count). The van der Waals surface area contributed by atoms with Gasteiger partial charge in [-0.2, -0.15) is 5.10 Å². The van der Waals surface area contributed by atoms with Crippen molar-refractivity contribution in [3.05, 3.63) is 11.4 Å². The average Bonchev–Trinajstić information content (AvgIpc) is 2.64. The van der Waals surface area contributed by atoms with Gasteiger partial charge in [-0.05, 0) is 38.5 Å². The van der Waals surface area contributed by atoms with Gasteiger partial charge < -0.3 is 10.5 Å². The fourth-order valence-electron chi connectivity index (χ4n) is 2.91. The minimum absolute atomic E-state index is 0.0286. The summed E-state index contributed by atoms with van der Waals surface area (Å²) >= 11 is 0. The number of nitrogens with zero attached hydrogens (tertiary/aromatic N) is 2. The maximum absolute atomic E-state index is 12.3. The van der Waals surface area contributed by atoms with Gasteiger partial charge in [0, 0.05) is 7.05 Å². The molecule has 0 bridgehead atoms. The van der Waals surface area contributed by atoms with E-state index >= 15 is 0 Å². The van der Waals surface area contributed by atoms with E-state index in [9.17, 15) is 4.79 Å². The molecule has 1 aliphatic carbocycles. The smallest absolute Gasteiger partial charge is 0.359 e. The van der Waals surface area contributed by atoms with Crippen LogP contribution in [0.5, 0.6) is 0 Å². The minimum Gasteiger partial charge on any atom is -0.457 e. The van der Waals surface area contributed by atoms with Crippen LogP contribution in [0.25, 0.3) is 0 Å². The monoisotopic (exact) mass is 265 g/mol. The molecular weight excluding hydrogens is 242 g/mol. The number of nitrogen functional groups attached to an aromatic ring is 1. The molecule has 0 spiro atoms. The number of aryl methyl sites for hydroxylation is 2. The Kier molecular flexibility index (Phi) is 4.12. The second-order valence-corrected chi connectivity index (χ2v) is 5.37. The van der Waals surface area contributed by atoms with Gasteiger partial charge in [-0.25, -0.2) is 4.79 Å². The van der Waals surface area contributed by atoms with E-state index in [0.29, 0.717) is 23.0 Å². The molecule has 19 heavy (non-hydrogen) atoms. The van der Waals surface area contributed by atoms with Crippen LogP contribution < -0.4 is 5.73 Å². The summed E-state index contributed by atoms with van der Waals surface area (Å²) in [5.41, 5.74) is 7.36. The summed E-state index contributed by atoms with van der Waals surface area (Å²) in [7, 11) is 1.72. The van der Waals surface area contributed by atoms with Crippen molar-refractivity contribution in [1.29, 1.82) is 0 Å². The molecule has 106 valence electrons. The molecule has 1 aromatic heterocycles. The molecule has 0 aliphatic heterocycles. The Morgan fingerprint density at radius 2 is 2.16 bits per heavy atom. The standard InChI is InChI=1S/C14H23N3O2/c1-4-10-7-5-6-8-11(10)19-14(18)13-12(15)9(2)16-17(13)3/h10-11H,4-8,15H2,1-3H3. The van der Waals surface area contributed by atoms with Crippen LogP contribution in [-0.4, -0.2) is 21.9 Å². The molecular formula is C14H23N3O2. The Morgan fingerprint density at radius 3 is 2.74 bits per heavy atom. The van der Waals surface area contributed by atoms with E-state index in [1.807, 2.05) is 0 Å². The number of aromatic nitrogens is 2. The van der Waals surface area contributed by atoms with Crippen molar-refractivity contribution in [3.63, 3.8) is 0 Å². The van der Waals surface area contributed by atoms with E-state index in [2.05, 4.69) is 12.0 Å². The van der Waals surface area contributed by atoms with E-state index in [-0.39, 0.29) is 12.1 Å². The number of hydrogen-bond acceptors (Lipinski definition) is 4. The van der Waals surface area contributed by atoms with Crippen molar-refractivity contribution in [2.75, 3.05) is 5.73 Å². The summed E-state index contributed by atoms with van der Waals surface area (Å²) in [6, 6.07) is 0. The van der Waals surface area contributed by atoms with E-state index in [1.54, 1.807) is 14.0 Å². The SMILES string of the molecule is CCC1CCCCC1OC(=O)c1c(N)c(C)nn1C. The largest absolute Gasteiger partial charge is 0.457 e. The summed E-state index contributed by atoms with van der Waals surface area (Å²) in [6.45, 7) is 3.95. The maximum Gasteiger partial charge on any atom is 0.359 e. The molecule has 0 radical (unpaired) electrons. The molecule has 2 atom stereocenters. The van der Waals surface area contributed by atoms with Gasteiger partial charge >= 0.3 is 5.97 Å². The lowest BCUT2D eigenvalue weighted by atomic mass is 9.85. The van der Waals surface area contributed by atoms with E-state index in [4.69, 9.17) is 10.5 Å². The lowest BCUT2D eigenvalue weighted by Gasteiger charge is -2.30. The van der Waals surface area contributed by atoms with Gasteiger partial charge in [0.05, 0.1) is 11.4 Å². The van der Waals surface area contributed by atoms with Crippen molar-refractivity contribution in [2.24, 2.45) is 13.0 Å². The second-order valence-electron chi connectivity index (χ2n) is 5.37. The summed E-state index contributed by atoms with van der Waals surface area (Å²) in [5.74, 6) is 0.138. The molecule has 1 heterocycles. The molecule has 2 unspecified atom stereocenters. The van der Waals surface area contributed by atoms with E-state index < -0.39 is 0 Å². The van der Waals surface area contributed by atoms with E-state index in [1.165, 1.54) is 11.1 Å². The minimum atomic E-state index is -0.342. The molecule has 2 N–H and O–H groups in total. The second kappa shape index (κ2) is 5.63. The highest BCUT2D eigenvalue weighted by molar-refractivity contribution is 5.93. The summed E-state index contributed by atoms with van der Waals surface area (Å²) in [4.78, 5) is 12.3. The molecule has 0 saturated heterocycles. The fourth-order valence-corrected chi connectivity index (χ4v) is 2.91. The van der Waals surface area contributed by atoms with Gasteiger partial charge in [-0.3, -0.25) is 4.68 Å². The molecule has 5 nitrogen and oxygen atoms in total. The Hall–Kier alpha value is -1.52. The van der Waals surface area contributed by atoms with Crippen LogP contribution in [0.1, 0.15) is 55.2 Å². The molecule has 0 amide bonds. The fraction of sp³-hybridized carbons (Fsp3) is 0.714. The van der Waals surface area contributed by atoms with Crippen LogP contribution in [0.15, 0.2) is 0 Å². The van der Waals surface area contributed by atoms with Crippen LogP contribution in [0.2, 0.25) is 0 Å². The third kappa shape index (κ3) is 2.74.